The molecule has 0 saturated carbocycles. The molecular formula is C14H18FN5O3. The highest BCUT2D eigenvalue weighted by atomic mass is 19.1. The Labute approximate surface area is 132 Å². The lowest BCUT2D eigenvalue weighted by molar-refractivity contribution is -0.386. The summed E-state index contributed by atoms with van der Waals surface area (Å²) < 4.78 is 20.6. The van der Waals surface area contributed by atoms with Crippen molar-refractivity contribution in [2.75, 3.05) is 19.0 Å². The van der Waals surface area contributed by atoms with Crippen molar-refractivity contribution in [1.29, 1.82) is 0 Å². The molecule has 23 heavy (non-hydrogen) atoms. The smallest absolute Gasteiger partial charge is 0.327 e. The number of methoxy groups -OCH3 is 1. The number of nitro groups is 1. The second kappa shape index (κ2) is 7.03. The summed E-state index contributed by atoms with van der Waals surface area (Å²) in [4.78, 5) is 10.3. The maximum Gasteiger partial charge on any atom is 0.327 e. The van der Waals surface area contributed by atoms with Gasteiger partial charge in [-0.25, -0.2) is 0 Å². The lowest BCUT2D eigenvalue weighted by Gasteiger charge is -2.12. The number of aromatic nitrogens is 3. The van der Waals surface area contributed by atoms with Gasteiger partial charge in [0.25, 0.3) is 0 Å². The van der Waals surface area contributed by atoms with E-state index < -0.39 is 16.4 Å². The fourth-order valence-corrected chi connectivity index (χ4v) is 2.21. The van der Waals surface area contributed by atoms with Gasteiger partial charge in [-0.15, -0.1) is 10.2 Å². The molecule has 0 spiro atoms. The third-order valence-electron chi connectivity index (χ3n) is 3.29. The number of ether oxygens (including phenoxy) is 1. The van der Waals surface area contributed by atoms with Crippen LogP contribution in [0, 0.1) is 15.9 Å². The zero-order valence-corrected chi connectivity index (χ0v) is 13.1. The molecule has 0 amide bonds. The normalized spacial score (nSPS) is 10.8. The molecule has 1 aromatic carbocycles. The summed E-state index contributed by atoms with van der Waals surface area (Å²) in [6, 6.07) is 2.39. The minimum absolute atomic E-state index is 0.0750. The van der Waals surface area contributed by atoms with Crippen molar-refractivity contribution in [2.45, 2.75) is 26.3 Å². The van der Waals surface area contributed by atoms with Crippen LogP contribution in [0.2, 0.25) is 0 Å². The Bertz CT molecular complexity index is 702. The third-order valence-corrected chi connectivity index (χ3v) is 3.29. The lowest BCUT2D eigenvalue weighted by atomic mass is 10.2. The summed E-state index contributed by atoms with van der Waals surface area (Å²) in [5.74, 6) is 0.297. The largest absolute Gasteiger partial charge is 0.497 e. The molecule has 1 heterocycles. The van der Waals surface area contributed by atoms with E-state index >= 15 is 0 Å². The summed E-state index contributed by atoms with van der Waals surface area (Å²) >= 11 is 0. The van der Waals surface area contributed by atoms with Gasteiger partial charge in [-0.05, 0) is 0 Å². The average Bonchev–Trinajstić information content (AvgIpc) is 2.94. The Morgan fingerprint density at radius 3 is 2.83 bits per heavy atom. The van der Waals surface area contributed by atoms with E-state index in [-0.39, 0.29) is 17.4 Å². The van der Waals surface area contributed by atoms with Gasteiger partial charge in [-0.3, -0.25) is 10.1 Å². The van der Waals surface area contributed by atoms with Crippen molar-refractivity contribution >= 4 is 11.4 Å². The molecule has 0 unspecified atom stereocenters. The second-order valence-corrected chi connectivity index (χ2v) is 5.23. The topological polar surface area (TPSA) is 95.1 Å². The monoisotopic (exact) mass is 323 g/mol. The predicted molar refractivity (Wildman–Crippen MR) is 82.2 cm³/mol. The standard InChI is InChI=1S/C14H18FN5O3/c1-9(2)14-18-17-8-19(14)5-4-16-12-7-10(23-3)6-11(15)13(12)20(21)22/h6-9,16H,4-5H2,1-3H3. The first-order chi connectivity index (χ1) is 10.9. The van der Waals surface area contributed by atoms with E-state index in [1.165, 1.54) is 13.2 Å². The molecule has 1 aromatic heterocycles. The van der Waals surface area contributed by atoms with Gasteiger partial charge >= 0.3 is 5.69 Å². The van der Waals surface area contributed by atoms with Gasteiger partial charge in [0.2, 0.25) is 5.82 Å². The highest BCUT2D eigenvalue weighted by molar-refractivity contribution is 5.65. The van der Waals surface area contributed by atoms with E-state index in [9.17, 15) is 14.5 Å². The molecule has 0 aliphatic carbocycles. The number of halogens is 1. The molecule has 0 radical (unpaired) electrons. The summed E-state index contributed by atoms with van der Waals surface area (Å²) in [6.45, 7) is 4.84. The zero-order valence-electron chi connectivity index (χ0n) is 13.1. The second-order valence-electron chi connectivity index (χ2n) is 5.23. The number of anilines is 1. The van der Waals surface area contributed by atoms with Gasteiger partial charge in [0.1, 0.15) is 23.6 Å². The highest BCUT2D eigenvalue weighted by Gasteiger charge is 2.22. The molecule has 2 aromatic rings. The van der Waals surface area contributed by atoms with E-state index in [0.717, 1.165) is 11.9 Å². The molecule has 0 fully saturated rings. The molecule has 0 aliphatic heterocycles. The fraction of sp³-hybridized carbons (Fsp3) is 0.429. The van der Waals surface area contributed by atoms with Crippen molar-refractivity contribution in [3.05, 3.63) is 40.2 Å². The first kappa shape index (κ1) is 16.7. The number of rotatable bonds is 7. The quantitative estimate of drug-likeness (QED) is 0.621. The van der Waals surface area contributed by atoms with E-state index in [1.807, 2.05) is 18.4 Å². The van der Waals surface area contributed by atoms with Gasteiger partial charge in [-0.1, -0.05) is 13.8 Å². The first-order valence-corrected chi connectivity index (χ1v) is 7.07. The van der Waals surface area contributed by atoms with Gasteiger partial charge in [0.05, 0.1) is 12.0 Å². The Morgan fingerprint density at radius 1 is 1.48 bits per heavy atom. The van der Waals surface area contributed by atoms with Crippen LogP contribution in [0.4, 0.5) is 15.8 Å². The van der Waals surface area contributed by atoms with E-state index in [4.69, 9.17) is 4.74 Å². The summed E-state index contributed by atoms with van der Waals surface area (Å²) in [7, 11) is 1.37. The Kier molecular flexibility index (Phi) is 5.09. The van der Waals surface area contributed by atoms with Crippen LogP contribution in [0.3, 0.4) is 0 Å². The fourth-order valence-electron chi connectivity index (χ4n) is 2.21. The Balaban J connectivity index is 2.15. The zero-order chi connectivity index (χ0) is 17.0. The van der Waals surface area contributed by atoms with Crippen LogP contribution >= 0.6 is 0 Å². The van der Waals surface area contributed by atoms with Crippen molar-refractivity contribution in [1.82, 2.24) is 14.8 Å². The minimum atomic E-state index is -0.941. The summed E-state index contributed by atoms with van der Waals surface area (Å²) in [5, 5.41) is 21.8. The van der Waals surface area contributed by atoms with Crippen LogP contribution in [0.15, 0.2) is 18.5 Å². The molecule has 8 nitrogen and oxygen atoms in total. The van der Waals surface area contributed by atoms with Crippen LogP contribution in [-0.2, 0) is 6.54 Å². The molecule has 9 heteroatoms. The highest BCUT2D eigenvalue weighted by Crippen LogP contribution is 2.32. The van der Waals surface area contributed by atoms with Crippen LogP contribution in [0.1, 0.15) is 25.6 Å². The predicted octanol–water partition coefficient (Wildman–Crippen LogP) is 2.57. The molecule has 124 valence electrons. The van der Waals surface area contributed by atoms with Crippen molar-refractivity contribution < 1.29 is 14.1 Å². The SMILES string of the molecule is COc1cc(F)c([N+](=O)[O-])c(NCCn2cnnc2C(C)C)c1. The van der Waals surface area contributed by atoms with E-state index in [2.05, 4.69) is 15.5 Å². The molecule has 0 atom stereocenters. The number of nitrogens with zero attached hydrogens (tertiary/aromatic N) is 4. The van der Waals surface area contributed by atoms with Crippen molar-refractivity contribution in [3.63, 3.8) is 0 Å². The van der Waals surface area contributed by atoms with Crippen LogP contribution in [0.5, 0.6) is 5.75 Å². The summed E-state index contributed by atoms with van der Waals surface area (Å²) in [6.07, 6.45) is 1.59. The minimum Gasteiger partial charge on any atom is -0.497 e. The molecule has 0 saturated heterocycles. The average molecular weight is 323 g/mol. The molecular weight excluding hydrogens is 305 g/mol. The van der Waals surface area contributed by atoms with Gasteiger partial charge in [-0.2, -0.15) is 4.39 Å². The van der Waals surface area contributed by atoms with Crippen LogP contribution in [-0.4, -0.2) is 33.3 Å². The molecule has 2 rings (SSSR count). The lowest BCUT2D eigenvalue weighted by Crippen LogP contribution is -2.14. The molecule has 0 aliphatic rings. The maximum absolute atomic E-state index is 13.8. The maximum atomic E-state index is 13.8. The molecule has 1 N–H and O–H groups in total. The van der Waals surface area contributed by atoms with E-state index in [1.54, 1.807) is 6.33 Å². The van der Waals surface area contributed by atoms with Gasteiger partial charge in [0, 0.05) is 31.1 Å². The number of nitrogens with one attached hydrogen (secondary N) is 1. The van der Waals surface area contributed by atoms with E-state index in [0.29, 0.717) is 13.1 Å². The number of hydrogen-bond donors (Lipinski definition) is 1. The summed E-state index contributed by atoms with van der Waals surface area (Å²) in [5.41, 5.74) is -0.523. The number of benzene rings is 1. The first-order valence-electron chi connectivity index (χ1n) is 7.07. The molecule has 0 bridgehead atoms. The Hall–Kier alpha value is -2.71. The van der Waals surface area contributed by atoms with Crippen molar-refractivity contribution in [2.24, 2.45) is 0 Å². The van der Waals surface area contributed by atoms with Gasteiger partial charge in [0.15, 0.2) is 0 Å². The van der Waals surface area contributed by atoms with Gasteiger partial charge < -0.3 is 14.6 Å². The Morgan fingerprint density at radius 2 is 2.22 bits per heavy atom. The van der Waals surface area contributed by atoms with Crippen molar-refractivity contribution in [3.8, 4) is 5.75 Å². The number of hydrogen-bond acceptors (Lipinski definition) is 6. The third kappa shape index (κ3) is 3.74. The number of nitro benzene ring substituents is 1. The van der Waals surface area contributed by atoms with Crippen LogP contribution < -0.4 is 10.1 Å². The van der Waals surface area contributed by atoms with Crippen LogP contribution in [0.25, 0.3) is 0 Å².